The molecule has 0 saturated carbocycles. The highest BCUT2D eigenvalue weighted by Gasteiger charge is 2.46. The summed E-state index contributed by atoms with van der Waals surface area (Å²) in [4.78, 5) is 11.8. The summed E-state index contributed by atoms with van der Waals surface area (Å²) < 4.78 is 11.9. The molecule has 1 heterocycles. The van der Waals surface area contributed by atoms with Crippen molar-refractivity contribution in [3.8, 4) is 11.8 Å². The van der Waals surface area contributed by atoms with Gasteiger partial charge in [0.25, 0.3) is 0 Å². The molecule has 2 atom stereocenters. The lowest BCUT2D eigenvalue weighted by Gasteiger charge is -2.29. The van der Waals surface area contributed by atoms with Crippen molar-refractivity contribution in [2.75, 3.05) is 0 Å². The second-order valence-electron chi connectivity index (χ2n) is 6.27. The molecule has 2 aliphatic rings. The lowest BCUT2D eigenvalue weighted by molar-refractivity contribution is -0.154. The van der Waals surface area contributed by atoms with Crippen LogP contribution < -0.4 is 0 Å². The summed E-state index contributed by atoms with van der Waals surface area (Å²) >= 11 is 0. The molecule has 0 spiro atoms. The third-order valence-electron chi connectivity index (χ3n) is 4.06. The average molecular weight is 304 g/mol. The minimum absolute atomic E-state index is 0.129. The van der Waals surface area contributed by atoms with Gasteiger partial charge in [-0.1, -0.05) is 24.3 Å². The van der Waals surface area contributed by atoms with Crippen molar-refractivity contribution in [3.63, 3.8) is 0 Å². The maximum Gasteiger partial charge on any atom is 0.317 e. The maximum absolute atomic E-state index is 11.8. The van der Waals surface area contributed by atoms with E-state index in [1.165, 1.54) is 0 Å². The highest BCUT2D eigenvalue weighted by atomic mass is 16.7. The molecule has 0 bridgehead atoms. The molecular formula is C18H24O4. The van der Waals surface area contributed by atoms with Crippen molar-refractivity contribution in [3.05, 3.63) is 24.3 Å². The van der Waals surface area contributed by atoms with Crippen LogP contribution in [0.4, 0.5) is 0 Å². The van der Waals surface area contributed by atoms with Crippen molar-refractivity contribution in [2.24, 2.45) is 5.41 Å². The summed E-state index contributed by atoms with van der Waals surface area (Å²) in [5.41, 5.74) is -0.999. The molecular weight excluding hydrogens is 280 g/mol. The number of allylic oxidation sites excluding steroid dienone is 2. The molecule has 0 unspecified atom stereocenters. The summed E-state index contributed by atoms with van der Waals surface area (Å²) in [6.07, 6.45) is 9.58. The van der Waals surface area contributed by atoms with E-state index < -0.39 is 17.2 Å². The van der Waals surface area contributed by atoms with Crippen LogP contribution in [0.3, 0.4) is 0 Å². The summed E-state index contributed by atoms with van der Waals surface area (Å²) in [6.45, 7) is 5.54. The van der Waals surface area contributed by atoms with E-state index in [0.29, 0.717) is 6.42 Å². The normalized spacial score (nSPS) is 28.1. The van der Waals surface area contributed by atoms with Crippen LogP contribution in [0.1, 0.15) is 46.5 Å². The van der Waals surface area contributed by atoms with Crippen LogP contribution in [0.5, 0.6) is 0 Å². The quantitative estimate of drug-likeness (QED) is 0.625. The summed E-state index contributed by atoms with van der Waals surface area (Å²) in [5, 5.41) is 9.66. The van der Waals surface area contributed by atoms with Gasteiger partial charge in [-0.15, -0.1) is 11.8 Å². The first kappa shape index (κ1) is 16.8. The van der Waals surface area contributed by atoms with Crippen LogP contribution in [0.25, 0.3) is 0 Å². The topological polar surface area (TPSA) is 55.8 Å². The SMILES string of the molecule is CC#CCC[C@@H]1OC(C)(C)O[C@H]1CC1(C(=O)O)C=CCC=C1. The zero-order valence-electron chi connectivity index (χ0n) is 13.5. The largest absolute Gasteiger partial charge is 0.480 e. The third-order valence-corrected chi connectivity index (χ3v) is 4.06. The van der Waals surface area contributed by atoms with Gasteiger partial charge in [0.1, 0.15) is 5.41 Å². The molecule has 0 aromatic carbocycles. The average Bonchev–Trinajstić information content (AvgIpc) is 2.74. The molecule has 1 aliphatic heterocycles. The number of aliphatic carboxylic acids is 1. The van der Waals surface area contributed by atoms with E-state index in [4.69, 9.17) is 9.47 Å². The highest BCUT2D eigenvalue weighted by molar-refractivity contribution is 5.80. The van der Waals surface area contributed by atoms with E-state index in [-0.39, 0.29) is 12.2 Å². The molecule has 0 amide bonds. The second-order valence-corrected chi connectivity index (χ2v) is 6.27. The number of carbonyl (C=O) groups is 1. The molecule has 1 aliphatic carbocycles. The van der Waals surface area contributed by atoms with E-state index in [1.54, 1.807) is 12.2 Å². The Morgan fingerprint density at radius 3 is 2.50 bits per heavy atom. The molecule has 0 aromatic heterocycles. The Labute approximate surface area is 132 Å². The number of hydrogen-bond donors (Lipinski definition) is 1. The Balaban J connectivity index is 2.14. The monoisotopic (exact) mass is 304 g/mol. The van der Waals surface area contributed by atoms with E-state index in [0.717, 1.165) is 19.3 Å². The predicted molar refractivity (Wildman–Crippen MR) is 84.1 cm³/mol. The summed E-state index contributed by atoms with van der Waals surface area (Å²) in [6, 6.07) is 0. The van der Waals surface area contributed by atoms with E-state index >= 15 is 0 Å². The van der Waals surface area contributed by atoms with Crippen molar-refractivity contribution in [1.29, 1.82) is 0 Å². The zero-order chi connectivity index (χ0) is 16.2. The number of ether oxygens (including phenoxy) is 2. The molecule has 22 heavy (non-hydrogen) atoms. The van der Waals surface area contributed by atoms with Gasteiger partial charge in [-0.25, -0.2) is 0 Å². The van der Waals surface area contributed by atoms with Gasteiger partial charge in [-0.3, -0.25) is 4.79 Å². The molecule has 4 heteroatoms. The van der Waals surface area contributed by atoms with Crippen LogP contribution in [-0.4, -0.2) is 29.1 Å². The maximum atomic E-state index is 11.8. The fourth-order valence-electron chi connectivity index (χ4n) is 3.06. The van der Waals surface area contributed by atoms with Gasteiger partial charge >= 0.3 is 5.97 Å². The first-order chi connectivity index (χ1) is 10.4. The number of rotatable bonds is 5. The molecule has 120 valence electrons. The Bertz CT molecular complexity index is 521. The van der Waals surface area contributed by atoms with Gasteiger partial charge in [0.15, 0.2) is 5.79 Å². The summed E-state index contributed by atoms with van der Waals surface area (Å²) in [7, 11) is 0. The van der Waals surface area contributed by atoms with Crippen LogP contribution in [0, 0.1) is 17.3 Å². The minimum Gasteiger partial charge on any atom is -0.480 e. The van der Waals surface area contributed by atoms with Gasteiger partial charge in [0.2, 0.25) is 0 Å². The lowest BCUT2D eigenvalue weighted by Crippen LogP contribution is -2.36. The van der Waals surface area contributed by atoms with Crippen LogP contribution >= 0.6 is 0 Å². The number of carboxylic acid groups (broad SMARTS) is 1. The minimum atomic E-state index is -0.999. The van der Waals surface area contributed by atoms with Crippen LogP contribution in [0.15, 0.2) is 24.3 Å². The molecule has 1 saturated heterocycles. The molecule has 0 aromatic rings. The molecule has 1 N–H and O–H groups in total. The fraction of sp³-hybridized carbons (Fsp3) is 0.611. The number of hydrogen-bond acceptors (Lipinski definition) is 3. The first-order valence-electron chi connectivity index (χ1n) is 7.72. The highest BCUT2D eigenvalue weighted by Crippen LogP contribution is 2.39. The lowest BCUT2D eigenvalue weighted by atomic mass is 9.78. The second kappa shape index (κ2) is 6.68. The van der Waals surface area contributed by atoms with Crippen molar-refractivity contribution in [2.45, 2.75) is 64.4 Å². The zero-order valence-corrected chi connectivity index (χ0v) is 13.5. The van der Waals surface area contributed by atoms with Gasteiger partial charge in [0, 0.05) is 6.42 Å². The van der Waals surface area contributed by atoms with Crippen molar-refractivity contribution >= 4 is 5.97 Å². The summed E-state index contributed by atoms with van der Waals surface area (Å²) in [5.74, 6) is 4.37. The Morgan fingerprint density at radius 2 is 1.91 bits per heavy atom. The Hall–Kier alpha value is -1.57. The van der Waals surface area contributed by atoms with Gasteiger partial charge in [-0.2, -0.15) is 0 Å². The van der Waals surface area contributed by atoms with Crippen LogP contribution in [-0.2, 0) is 14.3 Å². The molecule has 1 fully saturated rings. The van der Waals surface area contributed by atoms with E-state index in [1.807, 2.05) is 32.9 Å². The fourth-order valence-corrected chi connectivity index (χ4v) is 3.06. The van der Waals surface area contributed by atoms with Crippen molar-refractivity contribution in [1.82, 2.24) is 0 Å². The standard InChI is InChI=1S/C18H24O4/c1-4-5-7-10-14-15(22-17(2,3)21-14)13-18(16(19)20)11-8-6-9-12-18/h8-9,11-12,14-15H,6-7,10,13H2,1-3H3,(H,19,20)/t14-,15-/m0/s1. The van der Waals surface area contributed by atoms with Gasteiger partial charge in [0.05, 0.1) is 12.2 Å². The Kier molecular flexibility index (Phi) is 5.10. The Morgan fingerprint density at radius 1 is 1.27 bits per heavy atom. The first-order valence-corrected chi connectivity index (χ1v) is 7.72. The van der Waals surface area contributed by atoms with Gasteiger partial charge < -0.3 is 14.6 Å². The molecule has 2 rings (SSSR count). The smallest absolute Gasteiger partial charge is 0.317 e. The molecule has 4 nitrogen and oxygen atoms in total. The van der Waals surface area contributed by atoms with Gasteiger partial charge in [-0.05, 0) is 40.0 Å². The van der Waals surface area contributed by atoms with E-state index in [9.17, 15) is 9.90 Å². The third kappa shape index (κ3) is 3.79. The van der Waals surface area contributed by atoms with E-state index in [2.05, 4.69) is 11.8 Å². The number of carboxylic acids is 1. The molecule has 0 radical (unpaired) electrons. The van der Waals surface area contributed by atoms with Crippen LogP contribution in [0.2, 0.25) is 0 Å². The van der Waals surface area contributed by atoms with Crippen molar-refractivity contribution < 1.29 is 19.4 Å². The predicted octanol–water partition coefficient (Wildman–Crippen LogP) is 3.29.